The van der Waals surface area contributed by atoms with E-state index < -0.39 is 16.1 Å². The minimum atomic E-state index is -3.56. The molecule has 0 aromatic heterocycles. The highest BCUT2D eigenvalue weighted by Gasteiger charge is 2.18. The molecule has 1 amide bonds. The standard InChI is InChI=1S/C19H25N3O4S/c1-5-26-17-11-9-15(10-12-17)20-14(2)19(23)21-16-7-6-8-18(13-16)27(24,25)22(3)4/h6-14,20H,5H2,1-4H3,(H,21,23)/t14-/m1/s1. The molecule has 2 N–H and O–H groups in total. The predicted octanol–water partition coefficient (Wildman–Crippen LogP) is 2.77. The highest BCUT2D eigenvalue weighted by molar-refractivity contribution is 7.89. The molecule has 0 saturated heterocycles. The van der Waals surface area contributed by atoms with Crippen molar-refractivity contribution in [2.45, 2.75) is 24.8 Å². The first-order valence-corrected chi connectivity index (χ1v) is 10.0. The fourth-order valence-corrected chi connectivity index (χ4v) is 3.27. The minimum absolute atomic E-state index is 0.123. The Labute approximate surface area is 160 Å². The molecule has 0 aliphatic rings. The predicted molar refractivity (Wildman–Crippen MR) is 107 cm³/mol. The maximum atomic E-state index is 12.4. The fourth-order valence-electron chi connectivity index (χ4n) is 2.33. The van der Waals surface area contributed by atoms with Crippen molar-refractivity contribution in [1.82, 2.24) is 4.31 Å². The van der Waals surface area contributed by atoms with E-state index in [1.54, 1.807) is 19.1 Å². The highest BCUT2D eigenvalue weighted by atomic mass is 32.2. The average molecular weight is 391 g/mol. The molecule has 2 aromatic rings. The van der Waals surface area contributed by atoms with Crippen molar-refractivity contribution in [2.24, 2.45) is 0 Å². The van der Waals surface area contributed by atoms with Gasteiger partial charge in [0.05, 0.1) is 11.5 Å². The zero-order chi connectivity index (χ0) is 20.0. The van der Waals surface area contributed by atoms with E-state index in [4.69, 9.17) is 4.74 Å². The number of amides is 1. The summed E-state index contributed by atoms with van der Waals surface area (Å²) in [5.41, 5.74) is 1.20. The van der Waals surface area contributed by atoms with Crippen LogP contribution >= 0.6 is 0 Å². The molecule has 8 heteroatoms. The molecule has 0 radical (unpaired) electrons. The molecule has 0 aliphatic heterocycles. The van der Waals surface area contributed by atoms with Crippen LogP contribution in [0, 0.1) is 0 Å². The summed E-state index contributed by atoms with van der Waals surface area (Å²) in [7, 11) is -0.635. The third-order valence-electron chi connectivity index (χ3n) is 3.82. The third-order valence-corrected chi connectivity index (χ3v) is 5.63. The Bertz CT molecular complexity index is 880. The summed E-state index contributed by atoms with van der Waals surface area (Å²) in [5, 5.41) is 5.84. The molecular weight excluding hydrogens is 366 g/mol. The summed E-state index contributed by atoms with van der Waals surface area (Å²) >= 11 is 0. The maximum absolute atomic E-state index is 12.4. The number of sulfonamides is 1. The van der Waals surface area contributed by atoms with Crippen molar-refractivity contribution < 1.29 is 17.9 Å². The van der Waals surface area contributed by atoms with Gasteiger partial charge in [0.25, 0.3) is 0 Å². The van der Waals surface area contributed by atoms with Gasteiger partial charge in [-0.2, -0.15) is 0 Å². The number of ether oxygens (including phenoxy) is 1. The minimum Gasteiger partial charge on any atom is -0.494 e. The van der Waals surface area contributed by atoms with E-state index in [-0.39, 0.29) is 10.8 Å². The van der Waals surface area contributed by atoms with E-state index in [0.717, 1.165) is 15.7 Å². The molecule has 146 valence electrons. The van der Waals surface area contributed by atoms with E-state index in [1.165, 1.54) is 26.2 Å². The number of rotatable bonds is 8. The van der Waals surface area contributed by atoms with Gasteiger partial charge in [0.1, 0.15) is 11.8 Å². The van der Waals surface area contributed by atoms with Gasteiger partial charge in [-0.25, -0.2) is 12.7 Å². The summed E-state index contributed by atoms with van der Waals surface area (Å²) in [4.78, 5) is 12.5. The number of benzene rings is 2. The number of nitrogens with one attached hydrogen (secondary N) is 2. The number of anilines is 2. The van der Waals surface area contributed by atoms with E-state index in [9.17, 15) is 13.2 Å². The Morgan fingerprint density at radius 2 is 1.78 bits per heavy atom. The van der Waals surface area contributed by atoms with Gasteiger partial charge in [-0.3, -0.25) is 4.79 Å². The molecule has 0 bridgehead atoms. The summed E-state index contributed by atoms with van der Waals surface area (Å²) in [6, 6.07) is 13.0. The largest absolute Gasteiger partial charge is 0.494 e. The first-order valence-electron chi connectivity index (χ1n) is 8.57. The summed E-state index contributed by atoms with van der Waals surface area (Å²) < 4.78 is 30.9. The Morgan fingerprint density at radius 1 is 1.11 bits per heavy atom. The normalized spacial score (nSPS) is 12.5. The second-order valence-electron chi connectivity index (χ2n) is 6.13. The van der Waals surface area contributed by atoms with Gasteiger partial charge in [-0.05, 0) is 56.3 Å². The SMILES string of the molecule is CCOc1ccc(N[C@H](C)C(=O)Nc2cccc(S(=O)(=O)N(C)C)c2)cc1. The van der Waals surface area contributed by atoms with E-state index in [0.29, 0.717) is 12.3 Å². The van der Waals surface area contributed by atoms with E-state index >= 15 is 0 Å². The number of carbonyl (C=O) groups is 1. The van der Waals surface area contributed by atoms with Crippen LogP contribution in [-0.4, -0.2) is 45.4 Å². The molecule has 2 rings (SSSR count). The molecule has 0 spiro atoms. The average Bonchev–Trinajstić information content (AvgIpc) is 2.63. The smallest absolute Gasteiger partial charge is 0.246 e. The molecule has 7 nitrogen and oxygen atoms in total. The summed E-state index contributed by atoms with van der Waals surface area (Å²) in [5.74, 6) is 0.488. The molecule has 0 heterocycles. The maximum Gasteiger partial charge on any atom is 0.246 e. The van der Waals surface area contributed by atoms with Crippen molar-refractivity contribution in [2.75, 3.05) is 31.3 Å². The van der Waals surface area contributed by atoms with Crippen LogP contribution in [-0.2, 0) is 14.8 Å². The second kappa shape index (κ2) is 8.88. The molecule has 0 saturated carbocycles. The lowest BCUT2D eigenvalue weighted by molar-refractivity contribution is -0.116. The number of hydrogen-bond acceptors (Lipinski definition) is 5. The van der Waals surface area contributed by atoms with Crippen molar-refractivity contribution in [1.29, 1.82) is 0 Å². The quantitative estimate of drug-likeness (QED) is 0.722. The monoisotopic (exact) mass is 391 g/mol. The van der Waals surface area contributed by atoms with Gasteiger partial charge in [0.2, 0.25) is 15.9 Å². The summed E-state index contributed by atoms with van der Waals surface area (Å²) in [6.07, 6.45) is 0. The molecule has 0 unspecified atom stereocenters. The second-order valence-corrected chi connectivity index (χ2v) is 8.28. The van der Waals surface area contributed by atoms with Crippen LogP contribution < -0.4 is 15.4 Å². The van der Waals surface area contributed by atoms with Gasteiger partial charge in [-0.1, -0.05) is 6.07 Å². The lowest BCUT2D eigenvalue weighted by Gasteiger charge is -2.17. The van der Waals surface area contributed by atoms with Gasteiger partial charge in [-0.15, -0.1) is 0 Å². The Hall–Kier alpha value is -2.58. The van der Waals surface area contributed by atoms with Crippen LogP contribution in [0.4, 0.5) is 11.4 Å². The zero-order valence-electron chi connectivity index (χ0n) is 15.9. The topological polar surface area (TPSA) is 87.7 Å². The van der Waals surface area contributed by atoms with Crippen LogP contribution in [0.3, 0.4) is 0 Å². The Kier molecular flexibility index (Phi) is 6.81. The van der Waals surface area contributed by atoms with Gasteiger partial charge >= 0.3 is 0 Å². The van der Waals surface area contributed by atoms with E-state index in [1.807, 2.05) is 31.2 Å². The van der Waals surface area contributed by atoms with Crippen molar-refractivity contribution in [3.05, 3.63) is 48.5 Å². The van der Waals surface area contributed by atoms with Crippen LogP contribution in [0.25, 0.3) is 0 Å². The van der Waals surface area contributed by atoms with Gasteiger partial charge < -0.3 is 15.4 Å². The van der Waals surface area contributed by atoms with Crippen molar-refractivity contribution in [3.63, 3.8) is 0 Å². The lowest BCUT2D eigenvalue weighted by Crippen LogP contribution is -2.32. The molecule has 0 fully saturated rings. The Morgan fingerprint density at radius 3 is 2.37 bits per heavy atom. The summed E-state index contributed by atoms with van der Waals surface area (Å²) in [6.45, 7) is 4.23. The van der Waals surface area contributed by atoms with Gasteiger partial charge in [0, 0.05) is 25.5 Å². The molecule has 1 atom stereocenters. The molecule has 27 heavy (non-hydrogen) atoms. The number of nitrogens with zero attached hydrogens (tertiary/aromatic N) is 1. The van der Waals surface area contributed by atoms with Crippen LogP contribution in [0.15, 0.2) is 53.4 Å². The van der Waals surface area contributed by atoms with E-state index in [2.05, 4.69) is 10.6 Å². The van der Waals surface area contributed by atoms with Crippen LogP contribution in [0.2, 0.25) is 0 Å². The first-order chi connectivity index (χ1) is 12.7. The lowest BCUT2D eigenvalue weighted by atomic mass is 10.2. The number of carbonyl (C=O) groups excluding carboxylic acids is 1. The first kappa shape index (κ1) is 20.7. The third kappa shape index (κ3) is 5.45. The molecular formula is C19H25N3O4S. The highest BCUT2D eigenvalue weighted by Crippen LogP contribution is 2.19. The molecule has 0 aliphatic carbocycles. The zero-order valence-corrected chi connectivity index (χ0v) is 16.7. The fraction of sp³-hybridized carbons (Fsp3) is 0.316. The van der Waals surface area contributed by atoms with Crippen molar-refractivity contribution >= 4 is 27.3 Å². The van der Waals surface area contributed by atoms with Gasteiger partial charge in [0.15, 0.2) is 0 Å². The Balaban J connectivity index is 2.04. The number of hydrogen-bond donors (Lipinski definition) is 2. The van der Waals surface area contributed by atoms with Crippen molar-refractivity contribution in [3.8, 4) is 5.75 Å². The molecule has 2 aromatic carbocycles. The van der Waals surface area contributed by atoms with Crippen LogP contribution in [0.5, 0.6) is 5.75 Å². The van der Waals surface area contributed by atoms with Crippen LogP contribution in [0.1, 0.15) is 13.8 Å².